The zero-order valence-electron chi connectivity index (χ0n) is 19.4. The van der Waals surface area contributed by atoms with E-state index in [-0.39, 0.29) is 11.3 Å². The number of aliphatic hydroxyl groups is 1. The van der Waals surface area contributed by atoms with Crippen molar-refractivity contribution in [2.45, 2.75) is 19.9 Å². The van der Waals surface area contributed by atoms with Gasteiger partial charge < -0.3 is 19.3 Å². The van der Waals surface area contributed by atoms with Crippen molar-refractivity contribution in [2.24, 2.45) is 0 Å². The van der Waals surface area contributed by atoms with Gasteiger partial charge in [-0.2, -0.15) is 0 Å². The average Bonchev–Trinajstić information content (AvgIpc) is 3.32. The Labute approximate surface area is 201 Å². The Morgan fingerprint density at radius 3 is 2.26 bits per heavy atom. The van der Waals surface area contributed by atoms with Crippen molar-refractivity contribution in [2.75, 3.05) is 26.2 Å². The van der Waals surface area contributed by atoms with Gasteiger partial charge in [-0.25, -0.2) is 4.98 Å². The van der Waals surface area contributed by atoms with Crippen molar-refractivity contribution in [3.63, 3.8) is 0 Å². The number of para-hydroxylation sites is 1. The third-order valence-electron chi connectivity index (χ3n) is 5.76. The van der Waals surface area contributed by atoms with Gasteiger partial charge in [0.1, 0.15) is 17.6 Å². The molecule has 4 rings (SSSR count). The van der Waals surface area contributed by atoms with E-state index in [1.165, 1.54) is 37.6 Å². The van der Waals surface area contributed by atoms with Gasteiger partial charge >= 0.3 is 5.91 Å². The van der Waals surface area contributed by atoms with Gasteiger partial charge in [0.25, 0.3) is 5.78 Å². The number of carbonyl (C=O) groups excluding carboxylic acids is 2. The molecule has 1 fully saturated rings. The van der Waals surface area contributed by atoms with Crippen LogP contribution in [0.4, 0.5) is 5.13 Å². The number of aromatic nitrogens is 1. The Kier molecular flexibility index (Phi) is 6.30. The maximum atomic E-state index is 13.3. The summed E-state index contributed by atoms with van der Waals surface area (Å²) in [6.07, 6.45) is 0. The number of aryl methyl sites for hydroxylation is 2. The Morgan fingerprint density at radius 1 is 1.00 bits per heavy atom. The summed E-state index contributed by atoms with van der Waals surface area (Å²) in [4.78, 5) is 33.4. The Hall–Kier alpha value is -3.85. The van der Waals surface area contributed by atoms with Gasteiger partial charge in [-0.3, -0.25) is 14.5 Å². The molecule has 0 saturated carbocycles. The van der Waals surface area contributed by atoms with Gasteiger partial charge in [0, 0.05) is 16.0 Å². The van der Waals surface area contributed by atoms with Gasteiger partial charge in [0.2, 0.25) is 0 Å². The normalized spacial score (nSPS) is 17.2. The molecule has 176 valence electrons. The monoisotopic (exact) mass is 480 g/mol. The lowest BCUT2D eigenvalue weighted by atomic mass is 9.94. The van der Waals surface area contributed by atoms with Crippen LogP contribution in [0.2, 0.25) is 0 Å². The molecule has 1 N–H and O–H groups in total. The van der Waals surface area contributed by atoms with E-state index in [4.69, 9.17) is 14.2 Å². The molecule has 9 heteroatoms. The molecule has 2 heterocycles. The van der Waals surface area contributed by atoms with Gasteiger partial charge in [-0.1, -0.05) is 12.1 Å². The summed E-state index contributed by atoms with van der Waals surface area (Å²) in [6.45, 7) is 3.73. The van der Waals surface area contributed by atoms with Crippen LogP contribution < -0.4 is 19.1 Å². The second kappa shape index (κ2) is 9.18. The number of rotatable bonds is 6. The average molecular weight is 481 g/mol. The molecule has 1 amide bonds. The van der Waals surface area contributed by atoms with E-state index < -0.39 is 17.7 Å². The first-order valence-electron chi connectivity index (χ1n) is 10.4. The fourth-order valence-electron chi connectivity index (χ4n) is 3.91. The summed E-state index contributed by atoms with van der Waals surface area (Å²) in [5, 5.41) is 11.6. The highest BCUT2D eigenvalue weighted by Gasteiger charge is 2.49. The number of ether oxygens (including phenoxy) is 3. The molecule has 1 aliphatic rings. The molecule has 1 atom stereocenters. The van der Waals surface area contributed by atoms with Crippen LogP contribution in [-0.4, -0.2) is 43.1 Å². The highest BCUT2D eigenvalue weighted by Crippen LogP contribution is 2.48. The predicted molar refractivity (Wildman–Crippen MR) is 129 cm³/mol. The SMILES string of the molecule is COc1ccc(C(O)=C2C(=O)C(=O)N(c3nc(C)c(C)s3)[C@H]2c2cccc(OC)c2OC)cc1. The van der Waals surface area contributed by atoms with Gasteiger partial charge in [-0.05, 0) is 44.2 Å². The summed E-state index contributed by atoms with van der Waals surface area (Å²) in [5.41, 5.74) is 1.56. The molecule has 0 aliphatic carbocycles. The molecular weight excluding hydrogens is 456 g/mol. The maximum Gasteiger partial charge on any atom is 0.301 e. The first-order valence-corrected chi connectivity index (χ1v) is 11.2. The van der Waals surface area contributed by atoms with Crippen LogP contribution in [0.5, 0.6) is 17.2 Å². The molecule has 3 aromatic rings. The molecular formula is C25H24N2O6S. The molecule has 0 bridgehead atoms. The zero-order chi connectivity index (χ0) is 24.6. The molecule has 2 aromatic carbocycles. The fourth-order valence-corrected chi connectivity index (χ4v) is 4.85. The standard InChI is InChI=1S/C25H24N2O6S/c1-13-14(2)34-25(26-13)27-20(17-7-6-8-18(32-4)23(17)33-5)19(22(29)24(27)30)21(28)15-9-11-16(31-3)12-10-15/h6-12,20,28H,1-5H3/t20-/m0/s1. The van der Waals surface area contributed by atoms with Crippen molar-refractivity contribution in [1.29, 1.82) is 0 Å². The number of methoxy groups -OCH3 is 3. The highest BCUT2D eigenvalue weighted by molar-refractivity contribution is 7.16. The number of nitrogens with zero attached hydrogens (tertiary/aromatic N) is 2. The lowest BCUT2D eigenvalue weighted by molar-refractivity contribution is -0.132. The fraction of sp³-hybridized carbons (Fsp3) is 0.240. The number of thiazole rings is 1. The second-order valence-electron chi connectivity index (χ2n) is 7.62. The molecule has 0 radical (unpaired) electrons. The predicted octanol–water partition coefficient (Wildman–Crippen LogP) is 4.41. The van der Waals surface area contributed by atoms with Gasteiger partial charge in [0.15, 0.2) is 16.6 Å². The smallest absolute Gasteiger partial charge is 0.301 e. The van der Waals surface area contributed by atoms with E-state index in [9.17, 15) is 14.7 Å². The third kappa shape index (κ3) is 3.77. The van der Waals surface area contributed by atoms with E-state index in [1.54, 1.807) is 42.5 Å². The molecule has 8 nitrogen and oxygen atoms in total. The minimum Gasteiger partial charge on any atom is -0.507 e. The third-order valence-corrected chi connectivity index (χ3v) is 6.83. The van der Waals surface area contributed by atoms with Gasteiger partial charge in [0.05, 0.1) is 32.6 Å². The number of amides is 1. The Balaban J connectivity index is 2.00. The zero-order valence-corrected chi connectivity index (χ0v) is 20.2. The van der Waals surface area contributed by atoms with E-state index in [0.717, 1.165) is 10.6 Å². The maximum absolute atomic E-state index is 13.3. The molecule has 1 aliphatic heterocycles. The van der Waals surface area contributed by atoms with E-state index in [2.05, 4.69) is 4.98 Å². The van der Waals surface area contributed by atoms with Crippen LogP contribution in [-0.2, 0) is 9.59 Å². The van der Waals surface area contributed by atoms with Crippen LogP contribution in [0.3, 0.4) is 0 Å². The number of Topliss-reactive ketones (excluding diaryl/α,β-unsaturated/α-hetero) is 1. The van der Waals surface area contributed by atoms with Crippen LogP contribution in [0, 0.1) is 13.8 Å². The second-order valence-corrected chi connectivity index (χ2v) is 8.80. The summed E-state index contributed by atoms with van der Waals surface area (Å²) in [6, 6.07) is 10.8. The first-order chi connectivity index (χ1) is 16.3. The number of aliphatic hydroxyl groups excluding tert-OH is 1. The summed E-state index contributed by atoms with van der Waals surface area (Å²) in [5.74, 6) is -0.512. The van der Waals surface area contributed by atoms with Crippen molar-refractivity contribution in [1.82, 2.24) is 4.98 Å². The van der Waals surface area contributed by atoms with E-state index >= 15 is 0 Å². The number of ketones is 1. The lowest BCUT2D eigenvalue weighted by Gasteiger charge is -2.25. The summed E-state index contributed by atoms with van der Waals surface area (Å²) in [7, 11) is 4.52. The van der Waals surface area contributed by atoms with Crippen molar-refractivity contribution in [3.8, 4) is 17.2 Å². The first kappa shape index (κ1) is 23.3. The van der Waals surface area contributed by atoms with Crippen molar-refractivity contribution in [3.05, 3.63) is 69.7 Å². The molecule has 0 spiro atoms. The van der Waals surface area contributed by atoms with Crippen LogP contribution in [0.15, 0.2) is 48.0 Å². The molecule has 1 aromatic heterocycles. The largest absolute Gasteiger partial charge is 0.507 e. The van der Waals surface area contributed by atoms with E-state index in [0.29, 0.717) is 33.5 Å². The number of benzene rings is 2. The summed E-state index contributed by atoms with van der Waals surface area (Å²) < 4.78 is 16.2. The van der Waals surface area contributed by atoms with Gasteiger partial charge in [-0.15, -0.1) is 11.3 Å². The quantitative estimate of drug-likeness (QED) is 0.317. The molecule has 1 saturated heterocycles. The van der Waals surface area contributed by atoms with Crippen LogP contribution in [0.1, 0.15) is 27.7 Å². The van der Waals surface area contributed by atoms with Crippen LogP contribution in [0.25, 0.3) is 5.76 Å². The summed E-state index contributed by atoms with van der Waals surface area (Å²) >= 11 is 1.30. The van der Waals surface area contributed by atoms with E-state index in [1.807, 2.05) is 13.8 Å². The minimum atomic E-state index is -0.975. The Morgan fingerprint density at radius 2 is 1.71 bits per heavy atom. The Bertz CT molecular complexity index is 1280. The number of hydrogen-bond donors (Lipinski definition) is 1. The topological polar surface area (TPSA) is 98.2 Å². The minimum absolute atomic E-state index is 0.0628. The van der Waals surface area contributed by atoms with Crippen molar-refractivity contribution >= 4 is 33.9 Å². The highest BCUT2D eigenvalue weighted by atomic mass is 32.1. The number of carbonyl (C=O) groups is 2. The molecule has 34 heavy (non-hydrogen) atoms. The molecule has 0 unspecified atom stereocenters. The lowest BCUT2D eigenvalue weighted by Crippen LogP contribution is -2.29. The number of anilines is 1. The number of hydrogen-bond acceptors (Lipinski definition) is 8. The van der Waals surface area contributed by atoms with Crippen LogP contribution >= 0.6 is 11.3 Å². The van der Waals surface area contributed by atoms with Crippen molar-refractivity contribution < 1.29 is 28.9 Å².